The number of para-hydroxylation sites is 1. The molecular formula is C30H34N2O4S. The summed E-state index contributed by atoms with van der Waals surface area (Å²) < 4.78 is 31.1. The summed E-state index contributed by atoms with van der Waals surface area (Å²) in [7, 11) is -4.24. The summed E-state index contributed by atoms with van der Waals surface area (Å²) in [5.41, 5.74) is 3.84. The van der Waals surface area contributed by atoms with Crippen LogP contribution in [-0.4, -0.2) is 13.3 Å². The Labute approximate surface area is 219 Å². The highest BCUT2D eigenvalue weighted by Crippen LogP contribution is 2.46. The average Bonchev–Trinajstić information content (AvgIpc) is 2.86. The van der Waals surface area contributed by atoms with Crippen molar-refractivity contribution in [3.05, 3.63) is 110 Å². The first-order valence-electron chi connectivity index (χ1n) is 12.7. The zero-order valence-corrected chi connectivity index (χ0v) is 23.0. The SMILES string of the molecule is CC(C)c1cc(C(C)C)c(S(=O)(=O)N2c3ccccc3C=C([N+](=O)[O-])[C@@H]2c2ccccc2)c(C(C)C)c1. The fraction of sp³-hybridized carbons (Fsp3) is 0.333. The summed E-state index contributed by atoms with van der Waals surface area (Å²) in [6.07, 6.45) is 1.49. The van der Waals surface area contributed by atoms with Crippen molar-refractivity contribution in [2.45, 2.75) is 70.2 Å². The Balaban J connectivity index is 2.11. The first kappa shape index (κ1) is 26.6. The molecule has 1 atom stereocenters. The molecular weight excluding hydrogens is 484 g/mol. The van der Waals surface area contributed by atoms with Crippen molar-refractivity contribution in [3.8, 4) is 0 Å². The second-order valence-electron chi connectivity index (χ2n) is 10.5. The fourth-order valence-corrected chi connectivity index (χ4v) is 7.27. The van der Waals surface area contributed by atoms with Crippen molar-refractivity contribution < 1.29 is 13.3 Å². The average molecular weight is 519 g/mol. The van der Waals surface area contributed by atoms with Crippen LogP contribution >= 0.6 is 0 Å². The molecule has 0 fully saturated rings. The van der Waals surface area contributed by atoms with Gasteiger partial charge in [0.1, 0.15) is 0 Å². The Morgan fingerprint density at radius 1 is 0.811 bits per heavy atom. The number of rotatable bonds is 7. The Bertz CT molecular complexity index is 1430. The van der Waals surface area contributed by atoms with Crippen LogP contribution in [0.3, 0.4) is 0 Å². The van der Waals surface area contributed by atoms with Crippen LogP contribution in [0.2, 0.25) is 0 Å². The summed E-state index contributed by atoms with van der Waals surface area (Å²) in [5, 5.41) is 12.3. The number of nitro groups is 1. The van der Waals surface area contributed by atoms with Gasteiger partial charge in [0, 0.05) is 11.6 Å². The zero-order chi connectivity index (χ0) is 27.1. The molecule has 194 valence electrons. The Morgan fingerprint density at radius 3 is 1.86 bits per heavy atom. The topological polar surface area (TPSA) is 80.5 Å². The molecule has 0 radical (unpaired) electrons. The molecule has 37 heavy (non-hydrogen) atoms. The normalized spacial score (nSPS) is 15.8. The van der Waals surface area contributed by atoms with Gasteiger partial charge in [-0.3, -0.25) is 10.1 Å². The van der Waals surface area contributed by atoms with E-state index in [2.05, 4.69) is 13.8 Å². The molecule has 1 aliphatic heterocycles. The van der Waals surface area contributed by atoms with Gasteiger partial charge in [-0.05, 0) is 46.1 Å². The molecule has 0 saturated heterocycles. The molecule has 6 nitrogen and oxygen atoms in total. The van der Waals surface area contributed by atoms with Crippen LogP contribution in [0, 0.1) is 10.1 Å². The quantitative estimate of drug-likeness (QED) is 0.238. The minimum Gasteiger partial charge on any atom is -0.259 e. The first-order chi connectivity index (χ1) is 17.4. The van der Waals surface area contributed by atoms with Crippen molar-refractivity contribution >= 4 is 21.8 Å². The highest BCUT2D eigenvalue weighted by molar-refractivity contribution is 7.93. The van der Waals surface area contributed by atoms with E-state index in [0.717, 1.165) is 16.7 Å². The molecule has 0 N–H and O–H groups in total. The standard InChI is InChI=1S/C30H34N2O4S/c1-19(2)24-16-25(20(3)4)30(26(17-24)21(5)6)37(35,36)31-27-15-11-10-14-23(27)18-28(32(33)34)29(31)22-12-8-7-9-13-22/h7-21,29H,1-6H3/t29-/m0/s1. The van der Waals surface area contributed by atoms with E-state index >= 15 is 0 Å². The van der Waals surface area contributed by atoms with E-state index in [-0.39, 0.29) is 28.3 Å². The van der Waals surface area contributed by atoms with E-state index in [9.17, 15) is 18.5 Å². The first-order valence-corrected chi connectivity index (χ1v) is 14.1. The van der Waals surface area contributed by atoms with Gasteiger partial charge in [0.15, 0.2) is 6.04 Å². The lowest BCUT2D eigenvalue weighted by atomic mass is 9.89. The van der Waals surface area contributed by atoms with Crippen LogP contribution < -0.4 is 4.31 Å². The summed E-state index contributed by atoms with van der Waals surface area (Å²) in [6.45, 7) is 12.2. The second kappa shape index (κ2) is 10.1. The van der Waals surface area contributed by atoms with Crippen molar-refractivity contribution in [1.29, 1.82) is 0 Å². The molecule has 0 aromatic heterocycles. The van der Waals surface area contributed by atoms with Crippen LogP contribution in [0.1, 0.15) is 93.2 Å². The summed E-state index contributed by atoms with van der Waals surface area (Å²) >= 11 is 0. The largest absolute Gasteiger partial charge is 0.274 e. The lowest BCUT2D eigenvalue weighted by Gasteiger charge is -2.36. The molecule has 0 bridgehead atoms. The molecule has 1 heterocycles. The van der Waals surface area contributed by atoms with Crippen LogP contribution in [0.25, 0.3) is 6.08 Å². The predicted molar refractivity (Wildman–Crippen MR) is 149 cm³/mol. The molecule has 3 aromatic carbocycles. The van der Waals surface area contributed by atoms with Gasteiger partial charge in [0.25, 0.3) is 15.7 Å². The highest BCUT2D eigenvalue weighted by atomic mass is 32.2. The molecule has 0 unspecified atom stereocenters. The van der Waals surface area contributed by atoms with Crippen molar-refractivity contribution in [1.82, 2.24) is 0 Å². The number of hydrogen-bond acceptors (Lipinski definition) is 4. The van der Waals surface area contributed by atoms with Gasteiger partial charge in [-0.25, -0.2) is 12.7 Å². The Kier molecular flexibility index (Phi) is 7.29. The van der Waals surface area contributed by atoms with E-state index in [0.29, 0.717) is 16.8 Å². The van der Waals surface area contributed by atoms with Gasteiger partial charge in [-0.15, -0.1) is 0 Å². The number of sulfonamides is 1. The Hall–Kier alpha value is -3.45. The molecule has 0 aliphatic carbocycles. The fourth-order valence-electron chi connectivity index (χ4n) is 4.96. The third-order valence-corrected chi connectivity index (χ3v) is 8.83. The number of anilines is 1. The summed E-state index contributed by atoms with van der Waals surface area (Å²) in [6, 6.07) is 18.7. The number of hydrogen-bond donors (Lipinski definition) is 0. The molecule has 7 heteroatoms. The molecule has 4 rings (SSSR count). The second-order valence-corrected chi connectivity index (χ2v) is 12.2. The van der Waals surface area contributed by atoms with E-state index < -0.39 is 21.0 Å². The highest BCUT2D eigenvalue weighted by Gasteiger charge is 2.45. The van der Waals surface area contributed by atoms with Gasteiger partial charge in [-0.2, -0.15) is 0 Å². The minimum absolute atomic E-state index is 0.0679. The lowest BCUT2D eigenvalue weighted by molar-refractivity contribution is -0.428. The number of fused-ring (bicyclic) bond motifs is 1. The monoisotopic (exact) mass is 518 g/mol. The maximum absolute atomic E-state index is 14.9. The molecule has 0 spiro atoms. The van der Waals surface area contributed by atoms with Gasteiger partial charge in [0.05, 0.1) is 15.5 Å². The molecule has 0 saturated carbocycles. The van der Waals surface area contributed by atoms with E-state index in [1.54, 1.807) is 48.5 Å². The molecule has 0 amide bonds. The van der Waals surface area contributed by atoms with Crippen molar-refractivity contribution in [2.75, 3.05) is 4.31 Å². The number of nitrogens with zero attached hydrogens (tertiary/aromatic N) is 2. The Morgan fingerprint density at radius 2 is 1.35 bits per heavy atom. The predicted octanol–water partition coefficient (Wildman–Crippen LogP) is 7.62. The number of benzene rings is 3. The van der Waals surface area contributed by atoms with Gasteiger partial charge >= 0.3 is 0 Å². The van der Waals surface area contributed by atoms with Gasteiger partial charge in [-0.1, -0.05) is 102 Å². The maximum atomic E-state index is 14.9. The maximum Gasteiger partial charge on any atom is 0.274 e. The molecule has 3 aromatic rings. The zero-order valence-electron chi connectivity index (χ0n) is 22.2. The smallest absolute Gasteiger partial charge is 0.259 e. The third-order valence-electron chi connectivity index (χ3n) is 6.91. The van der Waals surface area contributed by atoms with Crippen LogP contribution in [0.4, 0.5) is 5.69 Å². The third kappa shape index (κ3) is 4.80. The minimum atomic E-state index is -4.24. The van der Waals surface area contributed by atoms with E-state index in [1.807, 2.05) is 45.9 Å². The molecule has 1 aliphatic rings. The summed E-state index contributed by atoms with van der Waals surface area (Å²) in [5.74, 6) is 0.0898. The lowest BCUT2D eigenvalue weighted by Crippen LogP contribution is -2.40. The van der Waals surface area contributed by atoms with Gasteiger partial charge in [0.2, 0.25) is 0 Å². The van der Waals surface area contributed by atoms with Crippen molar-refractivity contribution in [3.63, 3.8) is 0 Å². The van der Waals surface area contributed by atoms with Gasteiger partial charge < -0.3 is 0 Å². The van der Waals surface area contributed by atoms with E-state index in [1.165, 1.54) is 10.4 Å². The van der Waals surface area contributed by atoms with Crippen LogP contribution in [-0.2, 0) is 10.0 Å². The summed E-state index contributed by atoms with van der Waals surface area (Å²) in [4.78, 5) is 12.1. The van der Waals surface area contributed by atoms with Crippen LogP contribution in [0.5, 0.6) is 0 Å². The van der Waals surface area contributed by atoms with E-state index in [4.69, 9.17) is 0 Å². The van der Waals surface area contributed by atoms with Crippen molar-refractivity contribution in [2.24, 2.45) is 0 Å². The van der Waals surface area contributed by atoms with Crippen LogP contribution in [0.15, 0.2) is 77.3 Å².